The van der Waals surface area contributed by atoms with E-state index in [1.807, 2.05) is 0 Å². The van der Waals surface area contributed by atoms with Crippen LogP contribution in [0.4, 0.5) is 19.0 Å². The Balaban J connectivity index is 1.90. The van der Waals surface area contributed by atoms with E-state index in [1.165, 1.54) is 10.8 Å². The van der Waals surface area contributed by atoms with E-state index < -0.39 is 11.9 Å². The summed E-state index contributed by atoms with van der Waals surface area (Å²) in [5.74, 6) is 0.221. The molecule has 9 heteroatoms. The number of fused-ring (bicyclic) bond motifs is 1. The summed E-state index contributed by atoms with van der Waals surface area (Å²) in [6, 6.07) is 1.08. The van der Waals surface area contributed by atoms with Gasteiger partial charge in [-0.05, 0) is 25.9 Å². The molecule has 1 saturated heterocycles. The van der Waals surface area contributed by atoms with Crippen molar-refractivity contribution in [3.05, 3.63) is 18.1 Å². The van der Waals surface area contributed by atoms with Crippen molar-refractivity contribution < 1.29 is 13.2 Å². The van der Waals surface area contributed by atoms with Crippen LogP contribution in [0.15, 0.2) is 12.4 Å². The second-order valence-electron chi connectivity index (χ2n) is 5.37. The van der Waals surface area contributed by atoms with Crippen molar-refractivity contribution >= 4 is 11.6 Å². The number of nitrogens with zero attached hydrogens (tertiary/aromatic N) is 5. The third-order valence-electron chi connectivity index (χ3n) is 3.85. The van der Waals surface area contributed by atoms with E-state index in [1.54, 1.807) is 0 Å². The summed E-state index contributed by atoms with van der Waals surface area (Å²) >= 11 is 0. The van der Waals surface area contributed by atoms with Crippen molar-refractivity contribution in [2.75, 3.05) is 25.0 Å². The average molecular weight is 314 g/mol. The zero-order chi connectivity index (χ0) is 15.7. The first-order chi connectivity index (χ1) is 10.5. The van der Waals surface area contributed by atoms with Crippen molar-refractivity contribution in [3.8, 4) is 0 Å². The summed E-state index contributed by atoms with van der Waals surface area (Å²) < 4.78 is 40.1. The number of aromatic nitrogens is 4. The van der Waals surface area contributed by atoms with Gasteiger partial charge in [-0.25, -0.2) is 4.98 Å². The standard InChI is InChI=1S/C13H17F3N6/c1-2-21-5-3-4-9(7-21)19-11-6-10(13(14,15)16)20-12-17-8-18-22(11)12/h6,8-9,19H,2-5,7H2,1H3. The number of likely N-dealkylation sites (tertiary alicyclic amines) is 1. The van der Waals surface area contributed by atoms with E-state index in [0.29, 0.717) is 0 Å². The number of rotatable bonds is 3. The van der Waals surface area contributed by atoms with Crippen LogP contribution < -0.4 is 5.32 Å². The minimum Gasteiger partial charge on any atom is -0.366 e. The highest BCUT2D eigenvalue weighted by Crippen LogP contribution is 2.30. The minimum atomic E-state index is -4.51. The van der Waals surface area contributed by atoms with Gasteiger partial charge >= 0.3 is 6.18 Å². The van der Waals surface area contributed by atoms with Crippen LogP contribution in [0.3, 0.4) is 0 Å². The summed E-state index contributed by atoms with van der Waals surface area (Å²) in [5, 5.41) is 7.11. The highest BCUT2D eigenvalue weighted by molar-refractivity contribution is 5.46. The van der Waals surface area contributed by atoms with Gasteiger partial charge < -0.3 is 10.2 Å². The highest BCUT2D eigenvalue weighted by atomic mass is 19.4. The van der Waals surface area contributed by atoms with Crippen LogP contribution in [0.2, 0.25) is 0 Å². The number of likely N-dealkylation sites (N-methyl/N-ethyl adjacent to an activating group) is 1. The minimum absolute atomic E-state index is 0.0551. The normalized spacial score (nSPS) is 20.5. The first kappa shape index (κ1) is 15.0. The number of anilines is 1. The molecule has 22 heavy (non-hydrogen) atoms. The molecule has 1 atom stereocenters. The molecular weight excluding hydrogens is 297 g/mol. The predicted molar refractivity (Wildman–Crippen MR) is 74.5 cm³/mol. The van der Waals surface area contributed by atoms with Crippen LogP contribution >= 0.6 is 0 Å². The molecule has 0 bridgehead atoms. The molecule has 2 aromatic heterocycles. The van der Waals surface area contributed by atoms with Gasteiger partial charge in [0.25, 0.3) is 5.78 Å². The molecule has 2 aromatic rings. The third-order valence-corrected chi connectivity index (χ3v) is 3.85. The van der Waals surface area contributed by atoms with E-state index in [-0.39, 0.29) is 17.6 Å². The number of piperidine rings is 1. The number of hydrogen-bond donors (Lipinski definition) is 1. The van der Waals surface area contributed by atoms with Gasteiger partial charge in [-0.1, -0.05) is 6.92 Å². The van der Waals surface area contributed by atoms with Gasteiger partial charge in [0.2, 0.25) is 0 Å². The monoisotopic (exact) mass is 314 g/mol. The quantitative estimate of drug-likeness (QED) is 0.939. The maximum atomic E-state index is 12.9. The van der Waals surface area contributed by atoms with Gasteiger partial charge in [-0.3, -0.25) is 0 Å². The third kappa shape index (κ3) is 2.99. The summed E-state index contributed by atoms with van der Waals surface area (Å²) in [6.45, 7) is 4.83. The lowest BCUT2D eigenvalue weighted by molar-refractivity contribution is -0.141. The van der Waals surface area contributed by atoms with E-state index in [0.717, 1.165) is 38.5 Å². The lowest BCUT2D eigenvalue weighted by Crippen LogP contribution is -2.42. The average Bonchev–Trinajstić information content (AvgIpc) is 2.95. The molecule has 1 unspecified atom stereocenters. The first-order valence-electron chi connectivity index (χ1n) is 7.24. The summed E-state index contributed by atoms with van der Waals surface area (Å²) in [4.78, 5) is 9.54. The topological polar surface area (TPSA) is 58.3 Å². The highest BCUT2D eigenvalue weighted by Gasteiger charge is 2.34. The molecule has 120 valence electrons. The molecule has 1 fully saturated rings. The fourth-order valence-electron chi connectivity index (χ4n) is 2.73. The number of nitrogens with one attached hydrogen (secondary N) is 1. The Morgan fingerprint density at radius 3 is 2.95 bits per heavy atom. The van der Waals surface area contributed by atoms with Crippen molar-refractivity contribution in [1.29, 1.82) is 0 Å². The number of alkyl halides is 3. The molecule has 0 radical (unpaired) electrons. The van der Waals surface area contributed by atoms with E-state index in [4.69, 9.17) is 0 Å². The Labute approximate surface area is 125 Å². The molecule has 0 aromatic carbocycles. The molecule has 0 spiro atoms. The molecule has 0 saturated carbocycles. The Morgan fingerprint density at radius 1 is 1.41 bits per heavy atom. The second kappa shape index (κ2) is 5.71. The van der Waals surface area contributed by atoms with Crippen LogP contribution in [-0.4, -0.2) is 50.2 Å². The van der Waals surface area contributed by atoms with E-state index >= 15 is 0 Å². The van der Waals surface area contributed by atoms with Crippen LogP contribution in [0.1, 0.15) is 25.5 Å². The SMILES string of the molecule is CCN1CCCC(Nc2cc(C(F)(F)F)nc3ncnn23)C1. The first-order valence-corrected chi connectivity index (χ1v) is 7.24. The predicted octanol–water partition coefficient (Wildman–Crippen LogP) is 2.04. The molecule has 3 heterocycles. The van der Waals surface area contributed by atoms with E-state index in [9.17, 15) is 13.2 Å². The second-order valence-corrected chi connectivity index (χ2v) is 5.37. The zero-order valence-electron chi connectivity index (χ0n) is 12.1. The fraction of sp³-hybridized carbons (Fsp3) is 0.615. The van der Waals surface area contributed by atoms with Gasteiger partial charge in [-0.15, -0.1) is 0 Å². The largest absolute Gasteiger partial charge is 0.433 e. The van der Waals surface area contributed by atoms with Gasteiger partial charge in [-0.2, -0.15) is 27.8 Å². The molecule has 0 aliphatic carbocycles. The number of hydrogen-bond acceptors (Lipinski definition) is 5. The Hall–Kier alpha value is -1.90. The van der Waals surface area contributed by atoms with Gasteiger partial charge in [0, 0.05) is 18.7 Å². The Morgan fingerprint density at radius 2 is 2.23 bits per heavy atom. The van der Waals surface area contributed by atoms with Crippen LogP contribution in [0.5, 0.6) is 0 Å². The smallest absolute Gasteiger partial charge is 0.366 e. The molecule has 0 amide bonds. The van der Waals surface area contributed by atoms with Crippen molar-refractivity contribution in [2.45, 2.75) is 32.0 Å². The fourth-order valence-corrected chi connectivity index (χ4v) is 2.73. The summed E-state index contributed by atoms with van der Waals surface area (Å²) in [7, 11) is 0. The molecule has 1 aliphatic rings. The Bertz CT molecular complexity index is 653. The van der Waals surface area contributed by atoms with Crippen molar-refractivity contribution in [2.24, 2.45) is 0 Å². The van der Waals surface area contributed by atoms with Crippen LogP contribution in [-0.2, 0) is 6.18 Å². The molecule has 1 aliphatic heterocycles. The molecule has 1 N–H and O–H groups in total. The lowest BCUT2D eigenvalue weighted by Gasteiger charge is -2.32. The molecular formula is C13H17F3N6. The van der Waals surface area contributed by atoms with Crippen LogP contribution in [0, 0.1) is 0 Å². The van der Waals surface area contributed by atoms with Crippen molar-refractivity contribution in [1.82, 2.24) is 24.5 Å². The summed E-state index contributed by atoms with van der Waals surface area (Å²) in [5.41, 5.74) is -0.960. The van der Waals surface area contributed by atoms with Crippen molar-refractivity contribution in [3.63, 3.8) is 0 Å². The van der Waals surface area contributed by atoms with Crippen LogP contribution in [0.25, 0.3) is 5.78 Å². The maximum Gasteiger partial charge on any atom is 0.433 e. The van der Waals surface area contributed by atoms with Gasteiger partial charge in [0.1, 0.15) is 12.1 Å². The molecule has 3 rings (SSSR count). The van der Waals surface area contributed by atoms with E-state index in [2.05, 4.69) is 32.2 Å². The molecule has 6 nitrogen and oxygen atoms in total. The summed E-state index contributed by atoms with van der Waals surface area (Å²) in [6.07, 6.45) is -1.38. The Kier molecular flexibility index (Phi) is 3.90. The lowest BCUT2D eigenvalue weighted by atomic mass is 10.1. The maximum absolute atomic E-state index is 12.9. The number of halogens is 3. The zero-order valence-corrected chi connectivity index (χ0v) is 12.1. The van der Waals surface area contributed by atoms with Gasteiger partial charge in [0.05, 0.1) is 0 Å². The van der Waals surface area contributed by atoms with Gasteiger partial charge in [0.15, 0.2) is 5.69 Å².